The highest BCUT2D eigenvalue weighted by molar-refractivity contribution is 6.06. The van der Waals surface area contributed by atoms with Gasteiger partial charge in [-0.15, -0.1) is 0 Å². The van der Waals surface area contributed by atoms with Crippen LogP contribution in [0.3, 0.4) is 0 Å². The molecule has 248 valence electrons. The molecule has 2 aliphatic rings. The van der Waals surface area contributed by atoms with Crippen LogP contribution in [0.2, 0.25) is 0 Å². The van der Waals surface area contributed by atoms with Crippen LogP contribution < -0.4 is 4.74 Å². The van der Waals surface area contributed by atoms with Gasteiger partial charge in [-0.1, -0.05) is 115 Å². The maximum absolute atomic E-state index is 6.86. The van der Waals surface area contributed by atoms with Gasteiger partial charge in [0.05, 0.1) is 16.8 Å². The zero-order valence-corrected chi connectivity index (χ0v) is 28.4. The minimum atomic E-state index is -0.760. The number of hydrogen-bond donors (Lipinski definition) is 0. The lowest BCUT2D eigenvalue weighted by Gasteiger charge is -2.42. The average molecular weight is 680 g/mol. The maximum atomic E-state index is 6.86. The van der Waals surface area contributed by atoms with Crippen LogP contribution in [0.4, 0.5) is 0 Å². The number of furan rings is 1. The highest BCUT2D eigenvalue weighted by Crippen LogP contribution is 2.59. The second-order valence-electron chi connectivity index (χ2n) is 13.6. The van der Waals surface area contributed by atoms with Crippen LogP contribution in [0, 0.1) is 0 Å². The third-order valence-corrected chi connectivity index (χ3v) is 10.7. The summed E-state index contributed by atoms with van der Waals surface area (Å²) in [6.45, 7) is 0. The molecular weight excluding hydrogens is 651 g/mol. The number of ether oxygens (including phenoxy) is 1. The Bertz CT molecular complexity index is 2870. The Kier molecular flexibility index (Phi) is 6.40. The van der Waals surface area contributed by atoms with Gasteiger partial charge in [0, 0.05) is 51.0 Å². The van der Waals surface area contributed by atoms with Gasteiger partial charge in [-0.3, -0.25) is 4.98 Å². The van der Waals surface area contributed by atoms with Crippen LogP contribution >= 0.6 is 0 Å². The molecule has 0 N–H and O–H groups in total. The van der Waals surface area contributed by atoms with Gasteiger partial charge in [0.15, 0.2) is 5.82 Å². The van der Waals surface area contributed by atoms with Crippen LogP contribution in [0.25, 0.3) is 68.0 Å². The summed E-state index contributed by atoms with van der Waals surface area (Å²) < 4.78 is 13.4. The summed E-state index contributed by atoms with van der Waals surface area (Å²) in [6.07, 6.45) is 8.10. The molecule has 9 aromatic rings. The number of fused-ring (bicyclic) bond motifs is 11. The van der Waals surface area contributed by atoms with Crippen molar-refractivity contribution >= 4 is 34.1 Å². The van der Waals surface area contributed by atoms with Crippen molar-refractivity contribution in [2.24, 2.45) is 0 Å². The Balaban J connectivity index is 1.23. The van der Waals surface area contributed by atoms with E-state index in [1.807, 2.05) is 54.7 Å². The number of rotatable bonds is 3. The molecule has 0 amide bonds. The fourth-order valence-corrected chi connectivity index (χ4v) is 8.31. The Morgan fingerprint density at radius 2 is 1.19 bits per heavy atom. The number of benzene rings is 6. The molecule has 3 aromatic heterocycles. The molecule has 0 radical (unpaired) electrons. The van der Waals surface area contributed by atoms with Crippen molar-refractivity contribution in [3.05, 3.63) is 197 Å². The van der Waals surface area contributed by atoms with Gasteiger partial charge in [-0.2, -0.15) is 0 Å². The number of aromatic nitrogens is 3. The first kappa shape index (κ1) is 29.6. The zero-order chi connectivity index (χ0) is 34.9. The molecule has 53 heavy (non-hydrogen) atoms. The molecule has 11 rings (SSSR count). The minimum absolute atomic E-state index is 0.658. The molecule has 4 heterocycles. The van der Waals surface area contributed by atoms with Gasteiger partial charge in [0.2, 0.25) is 0 Å². The predicted octanol–water partition coefficient (Wildman–Crippen LogP) is 11.7. The molecule has 6 aromatic carbocycles. The summed E-state index contributed by atoms with van der Waals surface area (Å²) in [4.78, 5) is 14.6. The lowest BCUT2D eigenvalue weighted by atomic mass is 9.62. The third kappa shape index (κ3) is 4.47. The first-order valence-electron chi connectivity index (χ1n) is 17.7. The first-order valence-corrected chi connectivity index (χ1v) is 17.7. The summed E-state index contributed by atoms with van der Waals surface area (Å²) in [7, 11) is 0. The SMILES string of the molecule is C1=Cc2ccc(-c3cc(-c4cccnc4)nc(-c4ccccc4)n3)cc2C2(c3ccccc31)c1ccccc1Oc1cc3c(cc12)oc1ccccc13. The molecule has 0 saturated carbocycles. The lowest BCUT2D eigenvalue weighted by molar-refractivity contribution is 0.435. The van der Waals surface area contributed by atoms with Crippen LogP contribution in [-0.2, 0) is 5.41 Å². The van der Waals surface area contributed by atoms with E-state index in [2.05, 4.69) is 120 Å². The summed E-state index contributed by atoms with van der Waals surface area (Å²) in [5.74, 6) is 2.29. The summed E-state index contributed by atoms with van der Waals surface area (Å²) in [5.41, 5.74) is 12.1. The molecule has 5 heteroatoms. The molecule has 1 atom stereocenters. The van der Waals surface area contributed by atoms with Crippen molar-refractivity contribution in [1.29, 1.82) is 0 Å². The van der Waals surface area contributed by atoms with Crippen molar-refractivity contribution in [2.75, 3.05) is 0 Å². The first-order chi connectivity index (χ1) is 26.2. The lowest BCUT2D eigenvalue weighted by Crippen LogP contribution is -2.35. The number of nitrogens with zero attached hydrogens (tertiary/aromatic N) is 3. The van der Waals surface area contributed by atoms with Gasteiger partial charge >= 0.3 is 0 Å². The van der Waals surface area contributed by atoms with E-state index in [9.17, 15) is 0 Å². The van der Waals surface area contributed by atoms with E-state index in [1.54, 1.807) is 6.20 Å². The molecular formula is C48H29N3O2. The standard InChI is InChI=1S/C48H29N3O2/c1-2-12-32(13-3-1)47-50-41(28-42(51-47)34-14-10-24-49-29-34)33-23-22-31-21-20-30-11-4-6-16-37(30)48(39(31)25-33)38-17-7-9-19-44(38)53-46-26-36-35-15-5-8-18-43(35)52-45(36)27-40(46)48/h1-29H. The normalized spacial score (nSPS) is 15.3. The number of para-hydroxylation sites is 2. The molecule has 0 saturated heterocycles. The van der Waals surface area contributed by atoms with Crippen LogP contribution in [-0.4, -0.2) is 15.0 Å². The van der Waals surface area contributed by atoms with Crippen molar-refractivity contribution in [3.63, 3.8) is 0 Å². The second-order valence-corrected chi connectivity index (χ2v) is 13.6. The van der Waals surface area contributed by atoms with E-state index in [1.165, 1.54) is 5.56 Å². The van der Waals surface area contributed by atoms with E-state index >= 15 is 0 Å². The Morgan fingerprint density at radius 1 is 0.453 bits per heavy atom. The Labute approximate surface area is 305 Å². The fourth-order valence-electron chi connectivity index (χ4n) is 8.31. The van der Waals surface area contributed by atoms with E-state index < -0.39 is 5.41 Å². The van der Waals surface area contributed by atoms with E-state index in [4.69, 9.17) is 19.1 Å². The smallest absolute Gasteiger partial charge is 0.160 e. The quantitative estimate of drug-likeness (QED) is 0.186. The largest absolute Gasteiger partial charge is 0.457 e. The third-order valence-electron chi connectivity index (χ3n) is 10.7. The minimum Gasteiger partial charge on any atom is -0.457 e. The van der Waals surface area contributed by atoms with Gasteiger partial charge in [-0.05, 0) is 70.8 Å². The Hall–Kier alpha value is -7.11. The Morgan fingerprint density at radius 3 is 2.06 bits per heavy atom. The van der Waals surface area contributed by atoms with Crippen LogP contribution in [0.15, 0.2) is 168 Å². The predicted molar refractivity (Wildman–Crippen MR) is 211 cm³/mol. The molecule has 5 nitrogen and oxygen atoms in total. The van der Waals surface area contributed by atoms with Crippen molar-refractivity contribution in [1.82, 2.24) is 15.0 Å². The molecule has 1 aliphatic heterocycles. The molecule has 1 spiro atoms. The summed E-state index contributed by atoms with van der Waals surface area (Å²) >= 11 is 0. The van der Waals surface area contributed by atoms with Gasteiger partial charge in [0.1, 0.15) is 22.7 Å². The summed E-state index contributed by atoms with van der Waals surface area (Å²) in [5, 5.41) is 2.09. The molecule has 1 unspecified atom stereocenters. The van der Waals surface area contributed by atoms with Crippen molar-refractivity contribution < 1.29 is 9.15 Å². The van der Waals surface area contributed by atoms with Crippen molar-refractivity contribution in [2.45, 2.75) is 5.41 Å². The highest BCUT2D eigenvalue weighted by Gasteiger charge is 2.48. The second kappa shape index (κ2) is 11.5. The number of pyridine rings is 1. The van der Waals surface area contributed by atoms with Gasteiger partial charge < -0.3 is 9.15 Å². The highest BCUT2D eigenvalue weighted by atomic mass is 16.5. The molecule has 1 aliphatic carbocycles. The van der Waals surface area contributed by atoms with E-state index in [0.717, 1.165) is 89.3 Å². The molecule has 0 bridgehead atoms. The van der Waals surface area contributed by atoms with Crippen molar-refractivity contribution in [3.8, 4) is 45.4 Å². The zero-order valence-electron chi connectivity index (χ0n) is 28.4. The van der Waals surface area contributed by atoms with Crippen LogP contribution in [0.1, 0.15) is 33.4 Å². The molecule has 0 fully saturated rings. The monoisotopic (exact) mass is 679 g/mol. The van der Waals surface area contributed by atoms with E-state index in [0.29, 0.717) is 5.82 Å². The number of hydrogen-bond acceptors (Lipinski definition) is 5. The van der Waals surface area contributed by atoms with Gasteiger partial charge in [0.25, 0.3) is 0 Å². The van der Waals surface area contributed by atoms with E-state index in [-0.39, 0.29) is 0 Å². The summed E-state index contributed by atoms with van der Waals surface area (Å²) in [6, 6.07) is 52.6. The topological polar surface area (TPSA) is 61.0 Å². The van der Waals surface area contributed by atoms with Crippen LogP contribution in [0.5, 0.6) is 11.5 Å². The maximum Gasteiger partial charge on any atom is 0.160 e. The fraction of sp³-hybridized carbons (Fsp3) is 0.0208. The van der Waals surface area contributed by atoms with Gasteiger partial charge in [-0.25, -0.2) is 9.97 Å². The average Bonchev–Trinajstić information content (AvgIpc) is 3.52.